The lowest BCUT2D eigenvalue weighted by molar-refractivity contribution is 0.0987. The highest BCUT2D eigenvalue weighted by Gasteiger charge is 2.19. The molecular formula is C13H15N5O2. The van der Waals surface area contributed by atoms with Gasteiger partial charge in [-0.3, -0.25) is 9.48 Å². The van der Waals surface area contributed by atoms with Crippen molar-refractivity contribution < 1.29 is 10.0 Å². The highest BCUT2D eigenvalue weighted by molar-refractivity contribution is 6.10. The third-order valence-corrected chi connectivity index (χ3v) is 2.89. The lowest BCUT2D eigenvalue weighted by atomic mass is 10.1. The van der Waals surface area contributed by atoms with E-state index in [9.17, 15) is 4.79 Å². The molecule has 20 heavy (non-hydrogen) atoms. The molecule has 2 aromatic rings. The second kappa shape index (κ2) is 5.43. The van der Waals surface area contributed by atoms with E-state index in [4.69, 9.17) is 10.9 Å². The molecule has 0 unspecified atom stereocenters. The Morgan fingerprint density at radius 1 is 1.40 bits per heavy atom. The molecule has 0 saturated carbocycles. The van der Waals surface area contributed by atoms with E-state index in [0.717, 1.165) is 0 Å². The Bertz CT molecular complexity index is 662. The summed E-state index contributed by atoms with van der Waals surface area (Å²) in [6, 6.07) is 8.54. The van der Waals surface area contributed by atoms with Crippen LogP contribution < -0.4 is 10.6 Å². The molecule has 0 atom stereocenters. The summed E-state index contributed by atoms with van der Waals surface area (Å²) in [6.45, 7) is 0. The van der Waals surface area contributed by atoms with Crippen molar-refractivity contribution in [2.45, 2.75) is 0 Å². The van der Waals surface area contributed by atoms with Crippen molar-refractivity contribution >= 4 is 17.4 Å². The summed E-state index contributed by atoms with van der Waals surface area (Å²) >= 11 is 0. The number of aromatic nitrogens is 2. The Hall–Kier alpha value is -2.83. The summed E-state index contributed by atoms with van der Waals surface area (Å²) in [5, 5.41) is 15.8. The number of aryl methyl sites for hydroxylation is 1. The third-order valence-electron chi connectivity index (χ3n) is 2.89. The van der Waals surface area contributed by atoms with Crippen LogP contribution in [0.2, 0.25) is 0 Å². The Kier molecular flexibility index (Phi) is 3.69. The summed E-state index contributed by atoms with van der Waals surface area (Å²) in [7, 11) is 3.35. The van der Waals surface area contributed by atoms with Crippen LogP contribution in [0.4, 0.5) is 5.69 Å². The lowest BCUT2D eigenvalue weighted by Gasteiger charge is -2.19. The van der Waals surface area contributed by atoms with Gasteiger partial charge in [0.25, 0.3) is 5.91 Å². The maximum Gasteiger partial charge on any atom is 0.278 e. The van der Waals surface area contributed by atoms with E-state index in [0.29, 0.717) is 16.9 Å². The van der Waals surface area contributed by atoms with Crippen LogP contribution in [0, 0.1) is 0 Å². The van der Waals surface area contributed by atoms with E-state index < -0.39 is 0 Å². The van der Waals surface area contributed by atoms with E-state index in [2.05, 4.69) is 10.3 Å². The van der Waals surface area contributed by atoms with Gasteiger partial charge >= 0.3 is 0 Å². The number of para-hydroxylation sites is 1. The summed E-state index contributed by atoms with van der Waals surface area (Å²) in [5.74, 6) is -0.329. The zero-order valence-electron chi connectivity index (χ0n) is 11.2. The number of nitrogens with zero attached hydrogens (tertiary/aromatic N) is 4. The van der Waals surface area contributed by atoms with Crippen molar-refractivity contribution in [1.29, 1.82) is 0 Å². The van der Waals surface area contributed by atoms with Gasteiger partial charge in [-0.15, -0.1) is 0 Å². The van der Waals surface area contributed by atoms with Crippen LogP contribution in [-0.4, -0.2) is 33.8 Å². The summed E-state index contributed by atoms with van der Waals surface area (Å²) in [6.07, 6.45) is 1.69. The van der Waals surface area contributed by atoms with Crippen molar-refractivity contribution in [2.75, 3.05) is 11.9 Å². The predicted octanol–water partition coefficient (Wildman–Crippen LogP) is 0.791. The molecular weight excluding hydrogens is 258 g/mol. The second-order valence-corrected chi connectivity index (χ2v) is 4.24. The summed E-state index contributed by atoms with van der Waals surface area (Å²) < 4.78 is 1.55. The molecule has 0 aliphatic rings. The van der Waals surface area contributed by atoms with Crippen LogP contribution in [-0.2, 0) is 7.05 Å². The maximum atomic E-state index is 12.3. The first-order chi connectivity index (χ1) is 9.54. The molecule has 0 saturated heterocycles. The molecule has 0 aliphatic heterocycles. The zero-order valence-corrected chi connectivity index (χ0v) is 11.2. The number of carbonyl (C=O) groups excluding carboxylic acids is 1. The average Bonchev–Trinajstić information content (AvgIpc) is 2.91. The van der Waals surface area contributed by atoms with E-state index in [-0.39, 0.29) is 11.7 Å². The van der Waals surface area contributed by atoms with Gasteiger partial charge in [0.15, 0.2) is 11.5 Å². The second-order valence-electron chi connectivity index (χ2n) is 4.24. The number of benzene rings is 1. The molecule has 3 N–H and O–H groups in total. The number of rotatable bonds is 3. The number of carbonyl (C=O) groups is 1. The van der Waals surface area contributed by atoms with Crippen LogP contribution in [0.1, 0.15) is 16.1 Å². The first kappa shape index (κ1) is 13.6. The van der Waals surface area contributed by atoms with Crippen LogP contribution in [0.3, 0.4) is 0 Å². The Labute approximate surface area is 115 Å². The molecule has 0 radical (unpaired) electrons. The fourth-order valence-electron chi connectivity index (χ4n) is 1.85. The minimum atomic E-state index is -0.274. The van der Waals surface area contributed by atoms with Crippen molar-refractivity contribution in [3.8, 4) is 0 Å². The predicted molar refractivity (Wildman–Crippen MR) is 74.9 cm³/mol. The minimum Gasteiger partial charge on any atom is -0.409 e. The molecule has 0 aliphatic carbocycles. The van der Waals surface area contributed by atoms with E-state index in [1.807, 2.05) is 0 Å². The number of hydrogen-bond donors (Lipinski definition) is 2. The molecule has 0 bridgehead atoms. The zero-order chi connectivity index (χ0) is 14.7. The van der Waals surface area contributed by atoms with E-state index in [1.54, 1.807) is 55.3 Å². The smallest absolute Gasteiger partial charge is 0.278 e. The molecule has 1 aromatic heterocycles. The first-order valence-corrected chi connectivity index (χ1v) is 5.89. The molecule has 0 fully saturated rings. The molecule has 2 rings (SSSR count). The topological polar surface area (TPSA) is 96.7 Å². The number of oxime groups is 1. The Morgan fingerprint density at radius 2 is 2.10 bits per heavy atom. The van der Waals surface area contributed by atoms with Gasteiger partial charge in [0.1, 0.15) is 0 Å². The van der Waals surface area contributed by atoms with Crippen LogP contribution in [0.5, 0.6) is 0 Å². The molecule has 1 heterocycles. The average molecular weight is 273 g/mol. The van der Waals surface area contributed by atoms with E-state index in [1.165, 1.54) is 4.90 Å². The van der Waals surface area contributed by atoms with Crippen LogP contribution in [0.25, 0.3) is 0 Å². The maximum absolute atomic E-state index is 12.3. The van der Waals surface area contributed by atoms with Gasteiger partial charge in [-0.25, -0.2) is 0 Å². The monoisotopic (exact) mass is 273 g/mol. The Balaban J connectivity index is 2.39. The van der Waals surface area contributed by atoms with Gasteiger partial charge in [-0.1, -0.05) is 17.3 Å². The highest BCUT2D eigenvalue weighted by atomic mass is 16.4. The molecule has 104 valence electrons. The Morgan fingerprint density at radius 3 is 2.70 bits per heavy atom. The van der Waals surface area contributed by atoms with Crippen molar-refractivity contribution in [3.63, 3.8) is 0 Å². The minimum absolute atomic E-state index is 0.0544. The summed E-state index contributed by atoms with van der Waals surface area (Å²) in [4.78, 5) is 13.7. The third kappa shape index (κ3) is 2.46. The van der Waals surface area contributed by atoms with Gasteiger partial charge in [0.05, 0.1) is 5.69 Å². The van der Waals surface area contributed by atoms with E-state index >= 15 is 0 Å². The lowest BCUT2D eigenvalue weighted by Crippen LogP contribution is -2.29. The molecule has 7 nitrogen and oxygen atoms in total. The van der Waals surface area contributed by atoms with Gasteiger partial charge in [0.2, 0.25) is 0 Å². The van der Waals surface area contributed by atoms with Crippen molar-refractivity contribution in [1.82, 2.24) is 9.78 Å². The van der Waals surface area contributed by atoms with Crippen LogP contribution in [0.15, 0.2) is 41.7 Å². The molecule has 0 spiro atoms. The van der Waals surface area contributed by atoms with Crippen LogP contribution >= 0.6 is 0 Å². The van der Waals surface area contributed by atoms with Crippen molar-refractivity contribution in [2.24, 2.45) is 17.9 Å². The number of hydrogen-bond acceptors (Lipinski definition) is 4. The number of nitrogens with two attached hydrogens (primary N) is 1. The standard InChI is InChI=1S/C13H15N5O2/c1-17-8-7-10(15-17)13(19)18(2)11-6-4-3-5-9(11)12(14)16-20/h3-8,20H,1-2H3,(H2,14,16). The largest absolute Gasteiger partial charge is 0.409 e. The quantitative estimate of drug-likeness (QED) is 0.374. The number of amidine groups is 1. The van der Waals surface area contributed by atoms with Gasteiger partial charge in [-0.05, 0) is 18.2 Å². The van der Waals surface area contributed by atoms with Gasteiger partial charge in [0, 0.05) is 25.9 Å². The normalized spacial score (nSPS) is 11.4. The SMILES string of the molecule is CN(C(=O)c1ccn(C)n1)c1ccccc1/C(N)=N/O. The van der Waals surface area contributed by atoms with Gasteiger partial charge < -0.3 is 15.8 Å². The first-order valence-electron chi connectivity index (χ1n) is 5.89. The van der Waals surface area contributed by atoms with Gasteiger partial charge in [-0.2, -0.15) is 5.10 Å². The van der Waals surface area contributed by atoms with Crippen molar-refractivity contribution in [3.05, 3.63) is 47.8 Å². The molecule has 1 amide bonds. The number of anilines is 1. The number of amides is 1. The highest BCUT2D eigenvalue weighted by Crippen LogP contribution is 2.20. The fourth-order valence-corrected chi connectivity index (χ4v) is 1.85. The fraction of sp³-hybridized carbons (Fsp3) is 0.154. The summed E-state index contributed by atoms with van der Waals surface area (Å²) in [5.41, 5.74) is 6.96. The molecule has 7 heteroatoms. The molecule has 1 aromatic carbocycles.